The number of fused-ring (bicyclic) bond motifs is 3. The van der Waals surface area contributed by atoms with Crippen LogP contribution in [0.25, 0.3) is 11.1 Å². The van der Waals surface area contributed by atoms with Crippen molar-refractivity contribution in [1.82, 2.24) is 10.6 Å². The van der Waals surface area contributed by atoms with Crippen LogP contribution in [0.4, 0.5) is 4.79 Å². The average Bonchev–Trinajstić information content (AvgIpc) is 3.28. The lowest BCUT2D eigenvalue weighted by molar-refractivity contribution is -0.145. The van der Waals surface area contributed by atoms with E-state index in [2.05, 4.69) is 22.8 Å². The highest BCUT2D eigenvalue weighted by molar-refractivity contribution is 5.90. The quantitative estimate of drug-likeness (QED) is 0.267. The predicted molar refractivity (Wildman–Crippen MR) is 166 cm³/mol. The van der Waals surface area contributed by atoms with Gasteiger partial charge in [-0.05, 0) is 73.1 Å². The molecule has 2 N–H and O–H groups in total. The number of hydrogen-bond acceptors (Lipinski definition) is 6. The minimum atomic E-state index is -0.996. The van der Waals surface area contributed by atoms with Crippen LogP contribution in [-0.2, 0) is 25.5 Å². The Kier molecular flexibility index (Phi) is 10.1. The van der Waals surface area contributed by atoms with Crippen molar-refractivity contribution >= 4 is 18.0 Å². The van der Waals surface area contributed by atoms with Crippen molar-refractivity contribution in [3.05, 3.63) is 89.5 Å². The number of nitrogens with one attached hydrogen (secondary N) is 2. The molecule has 1 aliphatic rings. The Morgan fingerprint density at radius 2 is 1.40 bits per heavy atom. The minimum absolute atomic E-state index is 0.115. The zero-order valence-electron chi connectivity index (χ0n) is 25.8. The van der Waals surface area contributed by atoms with Crippen molar-refractivity contribution in [2.24, 2.45) is 5.92 Å². The van der Waals surface area contributed by atoms with Crippen LogP contribution in [0.2, 0.25) is 0 Å². The van der Waals surface area contributed by atoms with Gasteiger partial charge in [-0.1, -0.05) is 74.5 Å². The number of ether oxygens (including phenoxy) is 3. The van der Waals surface area contributed by atoms with Gasteiger partial charge in [0.05, 0.1) is 7.11 Å². The first kappa shape index (κ1) is 31.6. The summed E-state index contributed by atoms with van der Waals surface area (Å²) in [5.41, 5.74) is 4.90. The van der Waals surface area contributed by atoms with Crippen LogP contribution in [0.5, 0.6) is 5.75 Å². The second kappa shape index (κ2) is 13.8. The number of methoxy groups -OCH3 is 1. The highest BCUT2D eigenvalue weighted by atomic mass is 16.5. The summed E-state index contributed by atoms with van der Waals surface area (Å²) in [6, 6.07) is 21.7. The zero-order valence-corrected chi connectivity index (χ0v) is 25.8. The topological polar surface area (TPSA) is 103 Å². The molecule has 0 saturated heterocycles. The van der Waals surface area contributed by atoms with Crippen LogP contribution in [0, 0.1) is 5.92 Å². The monoisotopic (exact) mass is 586 g/mol. The summed E-state index contributed by atoms with van der Waals surface area (Å²) < 4.78 is 16.6. The molecule has 0 saturated carbocycles. The fourth-order valence-corrected chi connectivity index (χ4v) is 5.37. The van der Waals surface area contributed by atoms with E-state index < -0.39 is 30.1 Å². The number of hydrogen-bond donors (Lipinski definition) is 2. The largest absolute Gasteiger partial charge is 0.488 e. The number of benzene rings is 3. The highest BCUT2D eigenvalue weighted by Gasteiger charge is 2.31. The van der Waals surface area contributed by atoms with Crippen molar-refractivity contribution in [2.75, 3.05) is 13.7 Å². The fourth-order valence-electron chi connectivity index (χ4n) is 5.37. The Morgan fingerprint density at radius 3 is 1.93 bits per heavy atom. The van der Waals surface area contributed by atoms with Crippen LogP contribution in [-0.4, -0.2) is 49.4 Å². The van der Waals surface area contributed by atoms with E-state index in [4.69, 9.17) is 14.2 Å². The molecule has 0 aromatic heterocycles. The van der Waals surface area contributed by atoms with Crippen molar-refractivity contribution < 1.29 is 28.6 Å². The van der Waals surface area contributed by atoms with E-state index in [9.17, 15) is 14.4 Å². The van der Waals surface area contributed by atoms with Crippen molar-refractivity contribution in [3.8, 4) is 16.9 Å². The molecule has 8 nitrogen and oxygen atoms in total. The Hall–Kier alpha value is -4.33. The molecule has 0 bridgehead atoms. The first-order chi connectivity index (χ1) is 20.4. The van der Waals surface area contributed by atoms with E-state index in [1.54, 1.807) is 0 Å². The van der Waals surface area contributed by atoms with Crippen LogP contribution in [0.1, 0.15) is 63.6 Å². The molecule has 0 radical (unpaired) electrons. The molecule has 0 aliphatic heterocycles. The van der Waals surface area contributed by atoms with Crippen molar-refractivity contribution in [3.63, 3.8) is 0 Å². The maximum atomic E-state index is 13.5. The van der Waals surface area contributed by atoms with E-state index in [-0.39, 0.29) is 30.5 Å². The van der Waals surface area contributed by atoms with Gasteiger partial charge < -0.3 is 24.8 Å². The van der Waals surface area contributed by atoms with Crippen molar-refractivity contribution in [2.45, 2.75) is 71.1 Å². The summed E-state index contributed by atoms with van der Waals surface area (Å²) in [7, 11) is 1.29. The van der Waals surface area contributed by atoms with Gasteiger partial charge in [0, 0.05) is 12.3 Å². The van der Waals surface area contributed by atoms with Crippen LogP contribution < -0.4 is 15.4 Å². The molecular formula is C35H42N2O6. The molecule has 0 spiro atoms. The number of carbonyl (C=O) groups excluding carboxylic acids is 3. The van der Waals surface area contributed by atoms with Crippen LogP contribution in [0.15, 0.2) is 72.8 Å². The van der Waals surface area contributed by atoms with Gasteiger partial charge >= 0.3 is 12.1 Å². The van der Waals surface area contributed by atoms with Crippen LogP contribution >= 0.6 is 0 Å². The van der Waals surface area contributed by atoms with E-state index in [1.165, 1.54) is 7.11 Å². The maximum Gasteiger partial charge on any atom is 0.407 e. The SMILES string of the molecule is COC(=O)[C@H](CC(C)C)NC(=O)[C@H](Cc1ccc(OC(C)(C)C)cc1)NC(=O)OCC1c2ccccc2-c2ccccc21. The zero-order chi connectivity index (χ0) is 31.1. The summed E-state index contributed by atoms with van der Waals surface area (Å²) in [6.07, 6.45) is -0.135. The third-order valence-corrected chi connectivity index (χ3v) is 7.25. The molecule has 0 unspecified atom stereocenters. The van der Waals surface area contributed by atoms with Gasteiger partial charge in [0.15, 0.2) is 0 Å². The van der Waals surface area contributed by atoms with E-state index in [1.807, 2.05) is 95.3 Å². The third kappa shape index (κ3) is 8.37. The number of rotatable bonds is 11. The molecule has 43 heavy (non-hydrogen) atoms. The number of esters is 1. The molecule has 0 heterocycles. The minimum Gasteiger partial charge on any atom is -0.488 e. The number of alkyl carbamates (subject to hydrolysis) is 1. The Morgan fingerprint density at radius 1 is 0.814 bits per heavy atom. The molecule has 2 amide bonds. The number of amides is 2. The lowest BCUT2D eigenvalue weighted by Crippen LogP contribution is -2.53. The Balaban J connectivity index is 1.49. The Labute approximate surface area is 254 Å². The van der Waals surface area contributed by atoms with Gasteiger partial charge in [-0.2, -0.15) is 0 Å². The summed E-state index contributed by atoms with van der Waals surface area (Å²) in [4.78, 5) is 39.1. The molecule has 1 aliphatic carbocycles. The fraction of sp³-hybridized carbons (Fsp3) is 0.400. The second-order valence-corrected chi connectivity index (χ2v) is 12.3. The lowest BCUT2D eigenvalue weighted by atomic mass is 9.98. The van der Waals surface area contributed by atoms with E-state index in [0.717, 1.165) is 27.8 Å². The third-order valence-electron chi connectivity index (χ3n) is 7.25. The molecule has 3 aromatic carbocycles. The molecule has 8 heteroatoms. The van der Waals surface area contributed by atoms with E-state index >= 15 is 0 Å². The van der Waals surface area contributed by atoms with Gasteiger partial charge in [-0.25, -0.2) is 9.59 Å². The molecular weight excluding hydrogens is 544 g/mol. The maximum absolute atomic E-state index is 13.5. The summed E-state index contributed by atoms with van der Waals surface area (Å²) in [6.45, 7) is 9.92. The molecule has 3 aromatic rings. The van der Waals surface area contributed by atoms with Gasteiger partial charge in [-0.3, -0.25) is 4.79 Å². The average molecular weight is 587 g/mol. The van der Waals surface area contributed by atoms with Gasteiger partial charge in [0.2, 0.25) is 5.91 Å². The molecule has 4 rings (SSSR count). The highest BCUT2D eigenvalue weighted by Crippen LogP contribution is 2.44. The first-order valence-electron chi connectivity index (χ1n) is 14.7. The van der Waals surface area contributed by atoms with Crippen molar-refractivity contribution in [1.29, 1.82) is 0 Å². The second-order valence-electron chi connectivity index (χ2n) is 12.3. The van der Waals surface area contributed by atoms with E-state index in [0.29, 0.717) is 12.2 Å². The molecule has 0 fully saturated rings. The van der Waals surface area contributed by atoms with Gasteiger partial charge in [0.25, 0.3) is 0 Å². The molecule has 228 valence electrons. The van der Waals surface area contributed by atoms with Crippen LogP contribution in [0.3, 0.4) is 0 Å². The van der Waals surface area contributed by atoms with Gasteiger partial charge in [0.1, 0.15) is 30.0 Å². The summed E-state index contributed by atoms with van der Waals surface area (Å²) in [5, 5.41) is 5.53. The summed E-state index contributed by atoms with van der Waals surface area (Å²) >= 11 is 0. The van der Waals surface area contributed by atoms with Gasteiger partial charge in [-0.15, -0.1) is 0 Å². The smallest absolute Gasteiger partial charge is 0.407 e. The lowest BCUT2D eigenvalue weighted by Gasteiger charge is -2.24. The predicted octanol–water partition coefficient (Wildman–Crippen LogP) is 6.02. The standard InChI is InChI=1S/C35H42N2O6/c1-22(2)19-31(33(39)41-6)36-32(38)30(20-23-15-17-24(18-16-23)43-35(3,4)5)37-34(40)42-21-29-27-13-9-7-11-25(27)26-12-8-10-14-28(26)29/h7-18,22,29-31H,19-21H2,1-6H3,(H,36,38)(H,37,40)/t30-,31-/m0/s1. The Bertz CT molecular complexity index is 1380. The first-order valence-corrected chi connectivity index (χ1v) is 14.7. The molecule has 2 atom stereocenters. The number of carbonyl (C=O) groups is 3. The normalized spacial score (nSPS) is 13.8. The summed E-state index contributed by atoms with van der Waals surface area (Å²) in [5.74, 6) is -0.321.